The van der Waals surface area contributed by atoms with Gasteiger partial charge < -0.3 is 5.73 Å². The molecule has 1 aromatic rings. The Morgan fingerprint density at radius 2 is 2.00 bits per heavy atom. The molecule has 0 saturated carbocycles. The summed E-state index contributed by atoms with van der Waals surface area (Å²) in [4.78, 5) is 14.8. The average Bonchev–Trinajstić information content (AvgIpc) is 2.27. The van der Waals surface area contributed by atoms with Crippen molar-refractivity contribution in [2.75, 3.05) is 0 Å². The van der Waals surface area contributed by atoms with Crippen LogP contribution in [0.4, 0.5) is 0 Å². The third-order valence-electron chi connectivity index (χ3n) is 1.76. The molecule has 3 nitrogen and oxygen atoms in total. The lowest BCUT2D eigenvalue weighted by Crippen LogP contribution is -2.10. The maximum absolute atomic E-state index is 11.2. The number of hydrogen-bond donors (Lipinski definition) is 1. The largest absolute Gasteiger partial charge is 0.383 e. The zero-order valence-corrected chi connectivity index (χ0v) is 7.86. The Hall–Kier alpha value is -1.06. The van der Waals surface area contributed by atoms with Gasteiger partial charge in [0, 0.05) is 10.6 Å². The minimum Gasteiger partial charge on any atom is -0.383 e. The van der Waals surface area contributed by atoms with E-state index in [2.05, 4.69) is 4.99 Å². The number of carbonyl (C=O) groups is 1. The molecule has 0 bridgehead atoms. The summed E-state index contributed by atoms with van der Waals surface area (Å²) in [7, 11) is 0. The van der Waals surface area contributed by atoms with Crippen molar-refractivity contribution in [2.24, 2.45) is 10.7 Å². The number of benzene rings is 1. The first-order valence-corrected chi connectivity index (χ1v) is 4.23. The molecule has 0 unspecified atom stereocenters. The lowest BCUT2D eigenvalue weighted by atomic mass is 10.1. The highest BCUT2D eigenvalue weighted by molar-refractivity contribution is 6.39. The summed E-state index contributed by atoms with van der Waals surface area (Å²) >= 11 is 11.6. The summed E-state index contributed by atoms with van der Waals surface area (Å²) in [5.74, 6) is -0.237. The number of carbonyl (C=O) groups excluding carboxylic acids is 1. The van der Waals surface area contributed by atoms with Crippen molar-refractivity contribution in [3.8, 4) is 0 Å². The monoisotopic (exact) mass is 214 g/mol. The van der Waals surface area contributed by atoms with Gasteiger partial charge in [0.25, 0.3) is 5.91 Å². The van der Waals surface area contributed by atoms with E-state index in [1.165, 1.54) is 12.1 Å². The third kappa shape index (κ3) is 1.20. The SMILES string of the molecule is NC1=NC(=O)c2cc(Cl)cc(Cl)c21. The van der Waals surface area contributed by atoms with Crippen LogP contribution < -0.4 is 5.73 Å². The molecule has 1 heterocycles. The molecule has 0 aliphatic carbocycles. The molecule has 1 aliphatic heterocycles. The van der Waals surface area contributed by atoms with E-state index in [1.54, 1.807) is 0 Å². The van der Waals surface area contributed by atoms with Crippen molar-refractivity contribution in [2.45, 2.75) is 0 Å². The summed E-state index contributed by atoms with van der Waals surface area (Å²) in [6, 6.07) is 3.04. The fourth-order valence-corrected chi connectivity index (χ4v) is 1.82. The Kier molecular flexibility index (Phi) is 1.78. The summed E-state index contributed by atoms with van der Waals surface area (Å²) in [6.07, 6.45) is 0. The molecule has 2 rings (SSSR count). The van der Waals surface area contributed by atoms with Gasteiger partial charge in [-0.3, -0.25) is 4.79 Å². The fourth-order valence-electron chi connectivity index (χ4n) is 1.23. The van der Waals surface area contributed by atoms with E-state index in [0.717, 1.165) is 0 Å². The highest BCUT2D eigenvalue weighted by Gasteiger charge is 2.24. The molecule has 0 atom stereocenters. The van der Waals surface area contributed by atoms with Crippen LogP contribution in [0.1, 0.15) is 15.9 Å². The highest BCUT2D eigenvalue weighted by atomic mass is 35.5. The van der Waals surface area contributed by atoms with E-state index in [9.17, 15) is 4.79 Å². The molecule has 0 saturated heterocycles. The van der Waals surface area contributed by atoms with E-state index < -0.39 is 5.91 Å². The van der Waals surface area contributed by atoms with Gasteiger partial charge in [0.1, 0.15) is 5.84 Å². The quantitative estimate of drug-likeness (QED) is 0.717. The van der Waals surface area contributed by atoms with Gasteiger partial charge in [-0.15, -0.1) is 0 Å². The normalized spacial score (nSPS) is 14.3. The van der Waals surface area contributed by atoms with E-state index in [0.29, 0.717) is 21.2 Å². The van der Waals surface area contributed by atoms with Crippen LogP contribution in [0.3, 0.4) is 0 Å². The maximum atomic E-state index is 11.2. The molecular formula is C8H4Cl2N2O. The Bertz CT molecular complexity index is 440. The molecule has 2 N–H and O–H groups in total. The van der Waals surface area contributed by atoms with Crippen LogP contribution in [-0.4, -0.2) is 11.7 Å². The number of amidine groups is 1. The van der Waals surface area contributed by atoms with Crippen molar-refractivity contribution >= 4 is 34.9 Å². The van der Waals surface area contributed by atoms with Crippen molar-refractivity contribution in [1.82, 2.24) is 0 Å². The molecule has 13 heavy (non-hydrogen) atoms. The van der Waals surface area contributed by atoms with Crippen molar-refractivity contribution < 1.29 is 4.79 Å². The second-order valence-electron chi connectivity index (χ2n) is 2.61. The van der Waals surface area contributed by atoms with E-state index >= 15 is 0 Å². The Labute approximate surface area is 84.2 Å². The third-order valence-corrected chi connectivity index (χ3v) is 2.28. The van der Waals surface area contributed by atoms with Crippen LogP contribution in [0.2, 0.25) is 10.0 Å². The van der Waals surface area contributed by atoms with Crippen molar-refractivity contribution in [3.63, 3.8) is 0 Å². The minimum absolute atomic E-state index is 0.154. The zero-order chi connectivity index (χ0) is 9.59. The van der Waals surface area contributed by atoms with Crippen LogP contribution in [-0.2, 0) is 0 Å². The lowest BCUT2D eigenvalue weighted by molar-refractivity contribution is 0.101. The summed E-state index contributed by atoms with van der Waals surface area (Å²) < 4.78 is 0. The van der Waals surface area contributed by atoms with Crippen molar-refractivity contribution in [1.29, 1.82) is 0 Å². The standard InChI is InChI=1S/C8H4Cl2N2O/c9-3-1-4-6(5(10)2-3)7(11)12-8(4)13/h1-2H,(H2,11,12,13). The van der Waals surface area contributed by atoms with Crippen LogP contribution in [0, 0.1) is 0 Å². The smallest absolute Gasteiger partial charge is 0.279 e. The predicted octanol–water partition coefficient (Wildman–Crippen LogP) is 1.85. The van der Waals surface area contributed by atoms with Gasteiger partial charge in [0.15, 0.2) is 0 Å². The van der Waals surface area contributed by atoms with Crippen LogP contribution in [0.15, 0.2) is 17.1 Å². The molecular weight excluding hydrogens is 211 g/mol. The summed E-state index contributed by atoms with van der Waals surface area (Å²) in [5, 5.41) is 0.761. The number of halogens is 2. The Morgan fingerprint density at radius 3 is 2.69 bits per heavy atom. The van der Waals surface area contributed by atoms with E-state index in [4.69, 9.17) is 28.9 Å². The molecule has 5 heteroatoms. The first-order chi connectivity index (χ1) is 6.09. The zero-order valence-electron chi connectivity index (χ0n) is 6.34. The predicted molar refractivity (Wildman–Crippen MR) is 51.5 cm³/mol. The van der Waals surface area contributed by atoms with Gasteiger partial charge >= 0.3 is 0 Å². The average molecular weight is 215 g/mol. The molecule has 1 aliphatic rings. The molecule has 0 radical (unpaired) electrons. The summed E-state index contributed by atoms with van der Waals surface area (Å²) in [5.41, 5.74) is 6.34. The number of aliphatic imine (C=N–C) groups is 1. The van der Waals surface area contributed by atoms with Crippen LogP contribution in [0.5, 0.6) is 0 Å². The van der Waals surface area contributed by atoms with Gasteiger partial charge in [0.05, 0.1) is 10.6 Å². The number of fused-ring (bicyclic) bond motifs is 1. The maximum Gasteiger partial charge on any atom is 0.279 e. The number of hydrogen-bond acceptors (Lipinski definition) is 2. The minimum atomic E-state index is -0.392. The van der Waals surface area contributed by atoms with Gasteiger partial charge in [-0.25, -0.2) is 0 Å². The van der Waals surface area contributed by atoms with Crippen LogP contribution in [0.25, 0.3) is 0 Å². The highest BCUT2D eigenvalue weighted by Crippen LogP contribution is 2.28. The van der Waals surface area contributed by atoms with Gasteiger partial charge in [-0.05, 0) is 12.1 Å². The molecule has 0 aromatic heterocycles. The number of amides is 1. The van der Waals surface area contributed by atoms with Gasteiger partial charge in [-0.1, -0.05) is 23.2 Å². The number of nitrogens with zero attached hydrogens (tertiary/aromatic N) is 1. The molecule has 1 aromatic carbocycles. The molecule has 0 spiro atoms. The second kappa shape index (κ2) is 2.72. The summed E-state index contributed by atoms with van der Waals surface area (Å²) in [6.45, 7) is 0. The molecule has 66 valence electrons. The Balaban J connectivity index is 2.77. The number of rotatable bonds is 0. The fraction of sp³-hybridized carbons (Fsp3) is 0. The van der Waals surface area contributed by atoms with Gasteiger partial charge in [0.2, 0.25) is 0 Å². The van der Waals surface area contributed by atoms with E-state index in [1.807, 2.05) is 0 Å². The number of nitrogens with two attached hydrogens (primary N) is 1. The molecule has 1 amide bonds. The van der Waals surface area contributed by atoms with Gasteiger partial charge in [-0.2, -0.15) is 4.99 Å². The first kappa shape index (κ1) is 8.53. The first-order valence-electron chi connectivity index (χ1n) is 3.47. The van der Waals surface area contributed by atoms with Crippen LogP contribution >= 0.6 is 23.2 Å². The van der Waals surface area contributed by atoms with E-state index in [-0.39, 0.29) is 5.84 Å². The lowest BCUT2D eigenvalue weighted by Gasteiger charge is -2.01. The second-order valence-corrected chi connectivity index (χ2v) is 3.46. The molecule has 0 fully saturated rings. The topological polar surface area (TPSA) is 55.4 Å². The van der Waals surface area contributed by atoms with Crippen molar-refractivity contribution in [3.05, 3.63) is 33.3 Å². The Morgan fingerprint density at radius 1 is 1.31 bits per heavy atom.